The Morgan fingerprint density at radius 1 is 1.37 bits per heavy atom. The number of halogens is 2. The van der Waals surface area contributed by atoms with Gasteiger partial charge in [-0.3, -0.25) is 14.5 Å². The third-order valence-electron chi connectivity index (χ3n) is 2.82. The van der Waals surface area contributed by atoms with Crippen molar-refractivity contribution < 1.29 is 18.5 Å². The summed E-state index contributed by atoms with van der Waals surface area (Å²) in [5, 5.41) is 3.52. The van der Waals surface area contributed by atoms with Gasteiger partial charge < -0.3 is 4.52 Å². The third-order valence-corrected chi connectivity index (χ3v) is 3.43. The molecule has 0 fully saturated rings. The minimum Gasteiger partial charge on any atom is -0.359 e. The summed E-state index contributed by atoms with van der Waals surface area (Å²) >= 11 is 2.99. The summed E-state index contributed by atoms with van der Waals surface area (Å²) in [6, 6.07) is 4.04. The Bertz CT molecular complexity index is 685. The fraction of sp³-hybridized carbons (Fsp3) is 0.0833. The number of ketones is 1. The topological polar surface area (TPSA) is 63.4 Å². The second-order valence-corrected chi connectivity index (χ2v) is 4.84. The van der Waals surface area contributed by atoms with Gasteiger partial charge in [-0.25, -0.2) is 4.39 Å². The van der Waals surface area contributed by atoms with Crippen molar-refractivity contribution in [2.45, 2.75) is 6.54 Å². The molecule has 0 spiro atoms. The van der Waals surface area contributed by atoms with Crippen molar-refractivity contribution >= 4 is 33.3 Å². The predicted octanol–water partition coefficient (Wildman–Crippen LogP) is 2.31. The number of amides is 1. The molecule has 0 N–H and O–H groups in total. The van der Waals surface area contributed by atoms with Gasteiger partial charge in [-0.2, -0.15) is 0 Å². The molecule has 96 valence electrons. The van der Waals surface area contributed by atoms with Crippen LogP contribution in [0.15, 0.2) is 33.4 Å². The number of aromatic nitrogens is 1. The SMILES string of the molecule is O=C1C(=O)N(Cc2ccno2)c2cc(F)c(Br)cc21. The van der Waals surface area contributed by atoms with E-state index in [1.807, 2.05) is 0 Å². The Hall–Kier alpha value is -2.02. The van der Waals surface area contributed by atoms with Crippen LogP contribution in [0.1, 0.15) is 16.1 Å². The van der Waals surface area contributed by atoms with Gasteiger partial charge in [0, 0.05) is 6.07 Å². The summed E-state index contributed by atoms with van der Waals surface area (Å²) in [6.07, 6.45) is 1.43. The van der Waals surface area contributed by atoms with Crippen molar-refractivity contribution in [2.75, 3.05) is 4.90 Å². The van der Waals surface area contributed by atoms with E-state index in [1.165, 1.54) is 17.2 Å². The van der Waals surface area contributed by atoms with Gasteiger partial charge in [0.05, 0.1) is 28.5 Å². The van der Waals surface area contributed by atoms with Gasteiger partial charge in [-0.05, 0) is 28.1 Å². The summed E-state index contributed by atoms with van der Waals surface area (Å²) in [6.45, 7) is 0.0403. The highest BCUT2D eigenvalue weighted by atomic mass is 79.9. The lowest BCUT2D eigenvalue weighted by molar-refractivity contribution is -0.114. The molecule has 2 heterocycles. The largest absolute Gasteiger partial charge is 0.359 e. The maximum Gasteiger partial charge on any atom is 0.299 e. The molecule has 7 heteroatoms. The number of hydrogen-bond acceptors (Lipinski definition) is 4. The molecule has 5 nitrogen and oxygen atoms in total. The minimum atomic E-state index is -0.705. The molecule has 1 aromatic carbocycles. The van der Waals surface area contributed by atoms with Gasteiger partial charge in [-0.1, -0.05) is 5.16 Å². The quantitative estimate of drug-likeness (QED) is 0.795. The van der Waals surface area contributed by atoms with Crippen molar-refractivity contribution in [3.8, 4) is 0 Å². The third kappa shape index (κ3) is 1.86. The van der Waals surface area contributed by atoms with Gasteiger partial charge in [-0.15, -0.1) is 0 Å². The molecule has 3 rings (SSSR count). The zero-order chi connectivity index (χ0) is 13.6. The molecule has 0 unspecified atom stereocenters. The molecule has 0 saturated carbocycles. The molecular weight excluding hydrogens is 319 g/mol. The first-order valence-electron chi connectivity index (χ1n) is 5.32. The van der Waals surface area contributed by atoms with Crippen molar-refractivity contribution in [1.29, 1.82) is 0 Å². The van der Waals surface area contributed by atoms with Gasteiger partial charge in [0.2, 0.25) is 0 Å². The molecule has 1 aromatic heterocycles. The van der Waals surface area contributed by atoms with Crippen LogP contribution in [0, 0.1) is 5.82 Å². The fourth-order valence-electron chi connectivity index (χ4n) is 1.93. The Kier molecular flexibility index (Phi) is 2.70. The van der Waals surface area contributed by atoms with E-state index >= 15 is 0 Å². The summed E-state index contributed by atoms with van der Waals surface area (Å²) < 4.78 is 18.6. The van der Waals surface area contributed by atoms with Gasteiger partial charge >= 0.3 is 0 Å². The first-order chi connectivity index (χ1) is 9.08. The normalized spacial score (nSPS) is 14.1. The highest BCUT2D eigenvalue weighted by molar-refractivity contribution is 9.10. The second-order valence-electron chi connectivity index (χ2n) is 3.98. The van der Waals surface area contributed by atoms with E-state index in [0.717, 1.165) is 6.07 Å². The number of anilines is 1. The number of rotatable bonds is 2. The molecule has 1 aliphatic heterocycles. The second kappa shape index (κ2) is 4.27. The number of carbonyl (C=O) groups excluding carboxylic acids is 2. The molecule has 0 saturated heterocycles. The van der Waals surface area contributed by atoms with Gasteiger partial charge in [0.15, 0.2) is 5.76 Å². The smallest absolute Gasteiger partial charge is 0.299 e. The molecular formula is C12H6BrFN2O3. The van der Waals surface area contributed by atoms with Crippen LogP contribution in [0.25, 0.3) is 0 Å². The molecule has 1 amide bonds. The van der Waals surface area contributed by atoms with Crippen LogP contribution in [0.4, 0.5) is 10.1 Å². The molecule has 2 aromatic rings. The molecule has 0 bridgehead atoms. The number of carbonyl (C=O) groups is 2. The van der Waals surface area contributed by atoms with E-state index in [2.05, 4.69) is 21.1 Å². The summed E-state index contributed by atoms with van der Waals surface area (Å²) in [5.41, 5.74) is 0.421. The Morgan fingerprint density at radius 3 is 2.84 bits per heavy atom. The molecule has 0 atom stereocenters. The average Bonchev–Trinajstić information content (AvgIpc) is 2.96. The lowest BCUT2D eigenvalue weighted by atomic mass is 10.1. The van der Waals surface area contributed by atoms with Crippen LogP contribution >= 0.6 is 15.9 Å². The zero-order valence-corrected chi connectivity index (χ0v) is 11.0. The highest BCUT2D eigenvalue weighted by Crippen LogP contribution is 2.34. The van der Waals surface area contributed by atoms with Crippen LogP contribution in [0.2, 0.25) is 0 Å². The maximum atomic E-state index is 13.5. The van der Waals surface area contributed by atoms with Crippen LogP contribution in [0.5, 0.6) is 0 Å². The van der Waals surface area contributed by atoms with Gasteiger partial charge in [0.25, 0.3) is 11.7 Å². The number of fused-ring (bicyclic) bond motifs is 1. The van der Waals surface area contributed by atoms with Gasteiger partial charge in [0.1, 0.15) is 5.82 Å². The average molecular weight is 325 g/mol. The van der Waals surface area contributed by atoms with E-state index < -0.39 is 17.5 Å². The lowest BCUT2D eigenvalue weighted by Crippen LogP contribution is -2.28. The predicted molar refractivity (Wildman–Crippen MR) is 66.1 cm³/mol. The number of Topliss-reactive ketones (excluding diaryl/α,β-unsaturated/α-hetero) is 1. The zero-order valence-electron chi connectivity index (χ0n) is 9.39. The number of nitrogens with zero attached hydrogens (tertiary/aromatic N) is 2. The Labute approximate surface area is 115 Å². The van der Waals surface area contributed by atoms with Crippen LogP contribution in [0.3, 0.4) is 0 Å². The van der Waals surface area contributed by atoms with Crippen molar-refractivity contribution in [2.24, 2.45) is 0 Å². The summed E-state index contributed by atoms with van der Waals surface area (Å²) in [7, 11) is 0. The number of benzene rings is 1. The van der Waals surface area contributed by atoms with Crippen molar-refractivity contribution in [3.05, 3.63) is 46.0 Å². The van der Waals surface area contributed by atoms with Crippen LogP contribution in [-0.4, -0.2) is 16.8 Å². The monoisotopic (exact) mass is 324 g/mol. The first kappa shape index (κ1) is 12.0. The molecule has 0 radical (unpaired) electrons. The fourth-order valence-corrected chi connectivity index (χ4v) is 2.27. The summed E-state index contributed by atoms with van der Waals surface area (Å²) in [4.78, 5) is 24.9. The van der Waals surface area contributed by atoms with E-state index in [-0.39, 0.29) is 22.3 Å². The van der Waals surface area contributed by atoms with Crippen molar-refractivity contribution in [1.82, 2.24) is 5.16 Å². The highest BCUT2D eigenvalue weighted by Gasteiger charge is 2.37. The lowest BCUT2D eigenvalue weighted by Gasteiger charge is -2.14. The number of hydrogen-bond donors (Lipinski definition) is 0. The summed E-state index contributed by atoms with van der Waals surface area (Å²) in [5.74, 6) is -1.49. The molecule has 1 aliphatic rings. The molecule has 0 aliphatic carbocycles. The minimum absolute atomic E-state index is 0.0403. The first-order valence-corrected chi connectivity index (χ1v) is 6.12. The van der Waals surface area contributed by atoms with E-state index in [9.17, 15) is 14.0 Å². The standard InChI is InChI=1S/C12H6BrFN2O3/c13-8-3-7-10(4-9(8)14)16(12(18)11(7)17)5-6-1-2-15-19-6/h1-4H,5H2. The van der Waals surface area contributed by atoms with E-state index in [0.29, 0.717) is 5.76 Å². The molecule has 19 heavy (non-hydrogen) atoms. The Morgan fingerprint density at radius 2 is 2.16 bits per heavy atom. The van der Waals surface area contributed by atoms with Crippen LogP contribution in [-0.2, 0) is 11.3 Å². The van der Waals surface area contributed by atoms with E-state index in [4.69, 9.17) is 4.52 Å². The van der Waals surface area contributed by atoms with Crippen LogP contribution < -0.4 is 4.90 Å². The van der Waals surface area contributed by atoms with Crippen molar-refractivity contribution in [3.63, 3.8) is 0 Å². The van der Waals surface area contributed by atoms with E-state index in [1.54, 1.807) is 6.07 Å². The maximum absolute atomic E-state index is 13.5. The Balaban J connectivity index is 2.06.